The molecule has 1 N–H and O–H groups in total. The number of benzene rings is 1. The lowest BCUT2D eigenvalue weighted by Crippen LogP contribution is -2.47. The molecule has 1 aliphatic heterocycles. The van der Waals surface area contributed by atoms with Crippen molar-refractivity contribution in [3.05, 3.63) is 57.8 Å². The van der Waals surface area contributed by atoms with E-state index in [0.29, 0.717) is 34.4 Å². The van der Waals surface area contributed by atoms with Gasteiger partial charge in [-0.15, -0.1) is 0 Å². The van der Waals surface area contributed by atoms with Crippen LogP contribution in [-0.2, 0) is 0 Å². The van der Waals surface area contributed by atoms with Crippen LogP contribution in [0.25, 0.3) is 0 Å². The first kappa shape index (κ1) is 18.6. The lowest BCUT2D eigenvalue weighted by molar-refractivity contribution is 0.0658. The summed E-state index contributed by atoms with van der Waals surface area (Å²) in [4.78, 5) is 33.2. The predicted molar refractivity (Wildman–Crippen MR) is 102 cm³/mol. The number of carbonyl (C=O) groups excluding carboxylic acids is 2. The van der Waals surface area contributed by atoms with Crippen LogP contribution in [0, 0.1) is 0 Å². The third kappa shape index (κ3) is 4.15. The lowest BCUT2D eigenvalue weighted by Gasteiger charge is -2.32. The number of pyridine rings is 1. The molecule has 1 aromatic carbocycles. The molecule has 0 saturated carbocycles. The van der Waals surface area contributed by atoms with Crippen molar-refractivity contribution in [2.24, 2.45) is 0 Å². The Balaban J connectivity index is 1.76. The van der Waals surface area contributed by atoms with Gasteiger partial charge >= 0.3 is 0 Å². The summed E-state index contributed by atoms with van der Waals surface area (Å²) in [6.07, 6.45) is 1.45. The van der Waals surface area contributed by atoms with E-state index in [9.17, 15) is 9.59 Å². The first-order valence-corrected chi connectivity index (χ1v) is 8.90. The maximum Gasteiger partial charge on any atom is 0.272 e. The molecule has 0 radical (unpaired) electrons. The van der Waals surface area contributed by atoms with Gasteiger partial charge in [0.1, 0.15) is 5.69 Å². The molecule has 1 aliphatic rings. The minimum absolute atomic E-state index is 0.177. The van der Waals surface area contributed by atoms with E-state index in [1.54, 1.807) is 29.2 Å². The van der Waals surface area contributed by atoms with Gasteiger partial charge in [-0.2, -0.15) is 0 Å². The molecule has 0 aliphatic carbocycles. The summed E-state index contributed by atoms with van der Waals surface area (Å²) < 4.78 is 0. The van der Waals surface area contributed by atoms with Gasteiger partial charge in [0.15, 0.2) is 0 Å². The molecule has 3 rings (SSSR count). The Kier molecular flexibility index (Phi) is 5.76. The van der Waals surface area contributed by atoms with E-state index in [2.05, 4.69) is 15.2 Å². The number of hydrogen-bond acceptors (Lipinski definition) is 4. The molecule has 6 nitrogen and oxygen atoms in total. The van der Waals surface area contributed by atoms with Crippen molar-refractivity contribution in [2.45, 2.75) is 0 Å². The largest absolute Gasteiger partial charge is 0.335 e. The van der Waals surface area contributed by atoms with E-state index in [1.807, 2.05) is 7.05 Å². The summed E-state index contributed by atoms with van der Waals surface area (Å²) >= 11 is 12.2. The van der Waals surface area contributed by atoms with Gasteiger partial charge in [0, 0.05) is 37.9 Å². The summed E-state index contributed by atoms with van der Waals surface area (Å²) in [7, 11) is 2.02. The van der Waals surface area contributed by atoms with E-state index < -0.39 is 5.91 Å². The molecular formula is C18H18Cl2N4O2. The highest BCUT2D eigenvalue weighted by Gasteiger charge is 2.22. The average Bonchev–Trinajstić information content (AvgIpc) is 2.65. The molecule has 0 spiro atoms. The topological polar surface area (TPSA) is 65.5 Å². The smallest absolute Gasteiger partial charge is 0.272 e. The minimum Gasteiger partial charge on any atom is -0.335 e. The summed E-state index contributed by atoms with van der Waals surface area (Å²) in [5, 5.41) is 3.37. The van der Waals surface area contributed by atoms with Crippen molar-refractivity contribution >= 4 is 40.7 Å². The fourth-order valence-electron chi connectivity index (χ4n) is 2.66. The summed E-state index contributed by atoms with van der Waals surface area (Å²) in [5.74, 6) is -0.585. The SMILES string of the molecule is CN1CCN(C(=O)c2cc(C(=O)Nc3c(Cl)cccc3Cl)ccn2)CC1. The quantitative estimate of drug-likeness (QED) is 0.871. The monoisotopic (exact) mass is 392 g/mol. The lowest BCUT2D eigenvalue weighted by atomic mass is 10.2. The van der Waals surface area contributed by atoms with Crippen LogP contribution in [0.3, 0.4) is 0 Å². The van der Waals surface area contributed by atoms with Crippen LogP contribution in [0.1, 0.15) is 20.8 Å². The number of nitrogens with zero attached hydrogens (tertiary/aromatic N) is 3. The number of anilines is 1. The highest BCUT2D eigenvalue weighted by atomic mass is 35.5. The predicted octanol–water partition coefficient (Wildman–Crippen LogP) is 3.03. The fraction of sp³-hybridized carbons (Fsp3) is 0.278. The zero-order valence-corrected chi connectivity index (χ0v) is 15.7. The van der Waals surface area contributed by atoms with Crippen LogP contribution in [0.2, 0.25) is 10.0 Å². The molecule has 26 heavy (non-hydrogen) atoms. The zero-order valence-electron chi connectivity index (χ0n) is 14.2. The van der Waals surface area contributed by atoms with Crippen molar-refractivity contribution in [2.75, 3.05) is 38.5 Å². The first-order valence-electron chi connectivity index (χ1n) is 8.15. The summed E-state index contributed by atoms with van der Waals surface area (Å²) in [6, 6.07) is 8.00. The van der Waals surface area contributed by atoms with Crippen molar-refractivity contribution in [1.82, 2.24) is 14.8 Å². The second-order valence-electron chi connectivity index (χ2n) is 6.08. The maximum atomic E-state index is 12.6. The third-order valence-corrected chi connectivity index (χ3v) is 4.86. The van der Waals surface area contributed by atoms with E-state index in [-0.39, 0.29) is 11.6 Å². The number of rotatable bonds is 3. The molecule has 1 aromatic heterocycles. The highest BCUT2D eigenvalue weighted by molar-refractivity contribution is 6.40. The molecule has 1 fully saturated rings. The Morgan fingerprint density at radius 1 is 1.08 bits per heavy atom. The fourth-order valence-corrected chi connectivity index (χ4v) is 3.16. The van der Waals surface area contributed by atoms with Gasteiger partial charge in [0.05, 0.1) is 15.7 Å². The number of piperazine rings is 1. The molecule has 2 heterocycles. The first-order chi connectivity index (χ1) is 12.5. The minimum atomic E-state index is -0.408. The normalized spacial score (nSPS) is 15.0. The van der Waals surface area contributed by atoms with Crippen molar-refractivity contribution in [3.63, 3.8) is 0 Å². The number of halogens is 2. The molecule has 8 heteroatoms. The van der Waals surface area contributed by atoms with Gasteiger partial charge in [-0.05, 0) is 31.3 Å². The van der Waals surface area contributed by atoms with Crippen molar-refractivity contribution in [1.29, 1.82) is 0 Å². The maximum absolute atomic E-state index is 12.6. The number of aromatic nitrogens is 1. The number of hydrogen-bond donors (Lipinski definition) is 1. The number of likely N-dealkylation sites (N-methyl/N-ethyl adjacent to an activating group) is 1. The van der Waals surface area contributed by atoms with Gasteiger partial charge in [-0.1, -0.05) is 29.3 Å². The molecule has 0 bridgehead atoms. The van der Waals surface area contributed by atoms with E-state index in [1.165, 1.54) is 12.3 Å². The molecule has 0 atom stereocenters. The van der Waals surface area contributed by atoms with E-state index in [0.717, 1.165) is 13.1 Å². The summed E-state index contributed by atoms with van der Waals surface area (Å²) in [6.45, 7) is 2.92. The Hall–Kier alpha value is -2.15. The zero-order chi connectivity index (χ0) is 18.7. The van der Waals surface area contributed by atoms with Crippen LogP contribution in [0.4, 0.5) is 5.69 Å². The van der Waals surface area contributed by atoms with Gasteiger partial charge < -0.3 is 15.1 Å². The van der Waals surface area contributed by atoms with Crippen LogP contribution in [0.15, 0.2) is 36.5 Å². The van der Waals surface area contributed by atoms with Crippen molar-refractivity contribution < 1.29 is 9.59 Å². The molecule has 2 aromatic rings. The Morgan fingerprint density at radius 2 is 1.73 bits per heavy atom. The Bertz CT molecular complexity index is 815. The molecule has 136 valence electrons. The number of amides is 2. The Morgan fingerprint density at radius 3 is 2.38 bits per heavy atom. The standard InChI is InChI=1S/C18H18Cl2N4O2/c1-23-7-9-24(10-8-23)18(26)15-11-12(5-6-21-15)17(25)22-16-13(19)3-2-4-14(16)20/h2-6,11H,7-10H2,1H3,(H,22,25). The average molecular weight is 393 g/mol. The third-order valence-electron chi connectivity index (χ3n) is 4.23. The van der Waals surface area contributed by atoms with Crippen molar-refractivity contribution in [3.8, 4) is 0 Å². The molecule has 1 saturated heterocycles. The van der Waals surface area contributed by atoms with Crippen LogP contribution in [-0.4, -0.2) is 59.8 Å². The van der Waals surface area contributed by atoms with Crippen LogP contribution >= 0.6 is 23.2 Å². The Labute approximate surface area is 161 Å². The van der Waals surface area contributed by atoms with Gasteiger partial charge in [0.2, 0.25) is 0 Å². The van der Waals surface area contributed by atoms with Gasteiger partial charge in [-0.25, -0.2) is 0 Å². The van der Waals surface area contributed by atoms with E-state index in [4.69, 9.17) is 23.2 Å². The molecule has 0 unspecified atom stereocenters. The number of nitrogens with one attached hydrogen (secondary N) is 1. The van der Waals surface area contributed by atoms with E-state index >= 15 is 0 Å². The second-order valence-corrected chi connectivity index (χ2v) is 6.89. The van der Waals surface area contributed by atoms with Gasteiger partial charge in [0.25, 0.3) is 11.8 Å². The van der Waals surface area contributed by atoms with Gasteiger partial charge in [-0.3, -0.25) is 14.6 Å². The summed E-state index contributed by atoms with van der Waals surface area (Å²) in [5.41, 5.74) is 0.894. The highest BCUT2D eigenvalue weighted by Crippen LogP contribution is 2.30. The molecular weight excluding hydrogens is 375 g/mol. The second kappa shape index (κ2) is 8.03. The number of carbonyl (C=O) groups is 2. The van der Waals surface area contributed by atoms with Crippen LogP contribution in [0.5, 0.6) is 0 Å². The number of para-hydroxylation sites is 1. The molecule has 2 amide bonds. The van der Waals surface area contributed by atoms with Crippen LogP contribution < -0.4 is 5.32 Å².